The number of carbonyl (C=O) groups excluding carboxylic acids is 1. The minimum absolute atomic E-state index is 0.0952. The first-order chi connectivity index (χ1) is 12.6. The van der Waals surface area contributed by atoms with Gasteiger partial charge in [-0.25, -0.2) is 0 Å². The van der Waals surface area contributed by atoms with E-state index in [9.17, 15) is 14.7 Å². The summed E-state index contributed by atoms with van der Waals surface area (Å²) < 4.78 is 5.65. The van der Waals surface area contributed by atoms with E-state index < -0.39 is 11.9 Å². The molecule has 26 heavy (non-hydrogen) atoms. The SMILES string of the molecule is Cc1cccc(OCCCCC(=O)NCC(C(=O)O)c2ccccc2)c1. The van der Waals surface area contributed by atoms with Gasteiger partial charge < -0.3 is 15.2 Å². The Morgan fingerprint density at radius 2 is 1.85 bits per heavy atom. The van der Waals surface area contributed by atoms with Crippen molar-refractivity contribution in [3.63, 3.8) is 0 Å². The number of hydrogen-bond acceptors (Lipinski definition) is 3. The molecule has 0 aliphatic carbocycles. The summed E-state index contributed by atoms with van der Waals surface area (Å²) in [6.07, 6.45) is 1.82. The number of amides is 1. The Labute approximate surface area is 154 Å². The Hall–Kier alpha value is -2.82. The molecule has 2 aromatic carbocycles. The predicted octanol–water partition coefficient (Wildman–Crippen LogP) is 3.53. The van der Waals surface area contributed by atoms with Crippen LogP contribution >= 0.6 is 0 Å². The number of aliphatic carboxylic acids is 1. The topological polar surface area (TPSA) is 75.6 Å². The Morgan fingerprint density at radius 1 is 1.08 bits per heavy atom. The van der Waals surface area contributed by atoms with E-state index >= 15 is 0 Å². The van der Waals surface area contributed by atoms with Gasteiger partial charge in [0.15, 0.2) is 0 Å². The average Bonchev–Trinajstić information content (AvgIpc) is 2.62. The number of aryl methyl sites for hydroxylation is 1. The monoisotopic (exact) mass is 355 g/mol. The van der Waals surface area contributed by atoms with Crippen molar-refractivity contribution in [1.82, 2.24) is 5.32 Å². The van der Waals surface area contributed by atoms with Gasteiger partial charge in [-0.1, -0.05) is 42.5 Å². The summed E-state index contributed by atoms with van der Waals surface area (Å²) >= 11 is 0. The number of rotatable bonds is 10. The number of nitrogens with one attached hydrogen (secondary N) is 1. The van der Waals surface area contributed by atoms with Gasteiger partial charge in [-0.2, -0.15) is 0 Å². The van der Waals surface area contributed by atoms with Gasteiger partial charge in [0.1, 0.15) is 5.75 Å². The second kappa shape index (κ2) is 10.2. The zero-order valence-electron chi connectivity index (χ0n) is 15.0. The van der Waals surface area contributed by atoms with Gasteiger partial charge in [-0.05, 0) is 43.0 Å². The Balaban J connectivity index is 1.66. The smallest absolute Gasteiger partial charge is 0.312 e. The van der Waals surface area contributed by atoms with Crippen LogP contribution < -0.4 is 10.1 Å². The molecular formula is C21H25NO4. The molecule has 0 bridgehead atoms. The number of carboxylic acids is 1. The molecule has 0 saturated heterocycles. The largest absolute Gasteiger partial charge is 0.494 e. The molecule has 0 saturated carbocycles. The number of hydrogen-bond donors (Lipinski definition) is 2. The second-order valence-electron chi connectivity index (χ2n) is 6.23. The van der Waals surface area contributed by atoms with Crippen molar-refractivity contribution in [3.8, 4) is 5.75 Å². The highest BCUT2D eigenvalue weighted by molar-refractivity contribution is 5.79. The summed E-state index contributed by atoms with van der Waals surface area (Å²) in [6, 6.07) is 16.8. The molecule has 0 fully saturated rings. The molecule has 0 radical (unpaired) electrons. The molecule has 2 rings (SSSR count). The number of benzene rings is 2. The molecule has 5 nitrogen and oxygen atoms in total. The Morgan fingerprint density at radius 3 is 2.54 bits per heavy atom. The molecule has 138 valence electrons. The van der Waals surface area contributed by atoms with E-state index in [4.69, 9.17) is 4.74 Å². The summed E-state index contributed by atoms with van der Waals surface area (Å²) in [7, 11) is 0. The van der Waals surface area contributed by atoms with E-state index in [2.05, 4.69) is 5.32 Å². The van der Waals surface area contributed by atoms with Gasteiger partial charge >= 0.3 is 5.97 Å². The molecule has 2 N–H and O–H groups in total. The number of ether oxygens (including phenoxy) is 1. The van der Waals surface area contributed by atoms with E-state index in [1.54, 1.807) is 24.3 Å². The maximum absolute atomic E-state index is 11.9. The van der Waals surface area contributed by atoms with Crippen molar-refractivity contribution in [2.45, 2.75) is 32.1 Å². The molecule has 0 heterocycles. The molecule has 0 spiro atoms. The van der Waals surface area contributed by atoms with E-state index in [1.165, 1.54) is 0 Å². The molecule has 1 atom stereocenters. The maximum Gasteiger partial charge on any atom is 0.312 e. The summed E-state index contributed by atoms with van der Waals surface area (Å²) in [6.45, 7) is 2.66. The van der Waals surface area contributed by atoms with Gasteiger partial charge in [0.25, 0.3) is 0 Å². The first kappa shape index (κ1) is 19.5. The summed E-state index contributed by atoms with van der Waals surface area (Å²) in [5.74, 6) is -0.975. The van der Waals surface area contributed by atoms with Crippen molar-refractivity contribution < 1.29 is 19.4 Å². The summed E-state index contributed by atoms with van der Waals surface area (Å²) in [5.41, 5.74) is 1.83. The minimum Gasteiger partial charge on any atom is -0.494 e. The highest BCUT2D eigenvalue weighted by atomic mass is 16.5. The van der Waals surface area contributed by atoms with E-state index in [-0.39, 0.29) is 12.5 Å². The van der Waals surface area contributed by atoms with Crippen molar-refractivity contribution in [3.05, 3.63) is 65.7 Å². The number of carboxylic acid groups (broad SMARTS) is 1. The van der Waals surface area contributed by atoms with Crippen molar-refractivity contribution in [2.24, 2.45) is 0 Å². The van der Waals surface area contributed by atoms with Gasteiger partial charge in [0.2, 0.25) is 5.91 Å². The molecule has 5 heteroatoms. The van der Waals surface area contributed by atoms with Gasteiger partial charge in [-0.3, -0.25) is 9.59 Å². The minimum atomic E-state index is -0.942. The quantitative estimate of drug-likeness (QED) is 0.639. The van der Waals surface area contributed by atoms with Crippen LogP contribution in [-0.2, 0) is 9.59 Å². The van der Waals surface area contributed by atoms with Crippen LogP contribution in [0.5, 0.6) is 5.75 Å². The highest BCUT2D eigenvalue weighted by Crippen LogP contribution is 2.15. The fourth-order valence-corrected chi connectivity index (χ4v) is 2.62. The summed E-state index contributed by atoms with van der Waals surface area (Å²) in [4.78, 5) is 23.3. The highest BCUT2D eigenvalue weighted by Gasteiger charge is 2.20. The van der Waals surface area contributed by atoms with E-state index in [1.807, 2.05) is 37.3 Å². The molecular weight excluding hydrogens is 330 g/mol. The molecule has 1 amide bonds. The van der Waals surface area contributed by atoms with Crippen molar-refractivity contribution in [1.29, 1.82) is 0 Å². The second-order valence-corrected chi connectivity index (χ2v) is 6.23. The van der Waals surface area contributed by atoms with E-state index in [0.29, 0.717) is 25.0 Å². The van der Waals surface area contributed by atoms with Crippen LogP contribution in [0.25, 0.3) is 0 Å². The lowest BCUT2D eigenvalue weighted by atomic mass is 9.99. The zero-order valence-corrected chi connectivity index (χ0v) is 15.0. The Bertz CT molecular complexity index is 715. The Kier molecular flexibility index (Phi) is 7.68. The molecule has 0 aromatic heterocycles. The molecule has 0 aliphatic rings. The van der Waals surface area contributed by atoms with Gasteiger partial charge in [0.05, 0.1) is 12.5 Å². The van der Waals surface area contributed by atoms with Crippen LogP contribution in [0.1, 0.15) is 36.3 Å². The van der Waals surface area contributed by atoms with Crippen LogP contribution in [0, 0.1) is 6.92 Å². The first-order valence-electron chi connectivity index (χ1n) is 8.80. The lowest BCUT2D eigenvalue weighted by Gasteiger charge is -2.14. The van der Waals surface area contributed by atoms with Gasteiger partial charge in [0, 0.05) is 13.0 Å². The van der Waals surface area contributed by atoms with Crippen LogP contribution in [-0.4, -0.2) is 30.1 Å². The third-order valence-electron chi connectivity index (χ3n) is 4.06. The summed E-state index contributed by atoms with van der Waals surface area (Å²) in [5, 5.41) is 12.1. The first-order valence-corrected chi connectivity index (χ1v) is 8.80. The molecule has 2 aromatic rings. The van der Waals surface area contributed by atoms with Crippen LogP contribution in [0.3, 0.4) is 0 Å². The fraction of sp³-hybridized carbons (Fsp3) is 0.333. The zero-order chi connectivity index (χ0) is 18.8. The number of unbranched alkanes of at least 4 members (excludes halogenated alkanes) is 1. The van der Waals surface area contributed by atoms with Crippen molar-refractivity contribution in [2.75, 3.05) is 13.2 Å². The van der Waals surface area contributed by atoms with E-state index in [0.717, 1.165) is 17.7 Å². The van der Waals surface area contributed by atoms with Crippen LogP contribution in [0.4, 0.5) is 0 Å². The average molecular weight is 355 g/mol. The third-order valence-corrected chi connectivity index (χ3v) is 4.06. The lowest BCUT2D eigenvalue weighted by molar-refractivity contribution is -0.138. The van der Waals surface area contributed by atoms with Crippen molar-refractivity contribution >= 4 is 11.9 Å². The maximum atomic E-state index is 11.9. The normalized spacial score (nSPS) is 11.6. The standard InChI is InChI=1S/C21H25NO4/c1-16-8-7-11-18(14-16)26-13-6-5-12-20(23)22-15-19(21(24)25)17-9-3-2-4-10-17/h2-4,7-11,14,19H,5-6,12-13,15H2,1H3,(H,22,23)(H,24,25). The third kappa shape index (κ3) is 6.59. The van der Waals surface area contributed by atoms with Crippen LogP contribution in [0.15, 0.2) is 54.6 Å². The number of carbonyl (C=O) groups is 2. The lowest BCUT2D eigenvalue weighted by Crippen LogP contribution is -2.31. The fourth-order valence-electron chi connectivity index (χ4n) is 2.62. The van der Waals surface area contributed by atoms with Gasteiger partial charge in [-0.15, -0.1) is 0 Å². The molecule has 1 unspecified atom stereocenters. The molecule has 0 aliphatic heterocycles. The predicted molar refractivity (Wildman–Crippen MR) is 100 cm³/mol. The van der Waals surface area contributed by atoms with Crippen LogP contribution in [0.2, 0.25) is 0 Å².